The molecule has 0 amide bonds. The van der Waals surface area contributed by atoms with Gasteiger partial charge in [0.1, 0.15) is 0 Å². The SMILES string of the molecule is CCC1C=CCC(/C=C/C2CC=CC(CC)C2)C1. The van der Waals surface area contributed by atoms with Crippen LogP contribution in [0.25, 0.3) is 0 Å². The van der Waals surface area contributed by atoms with E-state index in [2.05, 4.69) is 50.3 Å². The van der Waals surface area contributed by atoms with Gasteiger partial charge >= 0.3 is 0 Å². The first-order valence-corrected chi connectivity index (χ1v) is 7.83. The van der Waals surface area contributed by atoms with E-state index in [4.69, 9.17) is 0 Å². The summed E-state index contributed by atoms with van der Waals surface area (Å²) in [6, 6.07) is 0. The molecule has 100 valence electrons. The Hall–Kier alpha value is -0.780. The van der Waals surface area contributed by atoms with E-state index in [0.29, 0.717) is 0 Å². The Morgan fingerprint density at radius 2 is 1.28 bits per heavy atom. The molecule has 4 atom stereocenters. The van der Waals surface area contributed by atoms with Crippen molar-refractivity contribution in [2.24, 2.45) is 23.7 Å². The molecule has 0 N–H and O–H groups in total. The van der Waals surface area contributed by atoms with Gasteiger partial charge in [-0.3, -0.25) is 0 Å². The highest BCUT2D eigenvalue weighted by atomic mass is 14.2. The number of rotatable bonds is 4. The Bertz CT molecular complexity index is 289. The molecule has 0 radical (unpaired) electrons. The lowest BCUT2D eigenvalue weighted by Crippen LogP contribution is -2.11. The third-order valence-corrected chi connectivity index (χ3v) is 4.61. The van der Waals surface area contributed by atoms with E-state index in [1.54, 1.807) is 0 Å². The number of allylic oxidation sites excluding steroid dienone is 6. The summed E-state index contributed by atoms with van der Waals surface area (Å²) in [4.78, 5) is 0. The quantitative estimate of drug-likeness (QED) is 0.571. The molecule has 0 saturated carbocycles. The van der Waals surface area contributed by atoms with E-state index in [0.717, 1.165) is 23.7 Å². The molecule has 2 aliphatic rings. The molecule has 0 bridgehead atoms. The zero-order chi connectivity index (χ0) is 12.8. The van der Waals surface area contributed by atoms with E-state index < -0.39 is 0 Å². The monoisotopic (exact) mass is 244 g/mol. The van der Waals surface area contributed by atoms with Gasteiger partial charge in [-0.05, 0) is 62.2 Å². The van der Waals surface area contributed by atoms with Crippen LogP contribution in [0.15, 0.2) is 36.5 Å². The largest absolute Gasteiger partial charge is 0.0877 e. The lowest BCUT2D eigenvalue weighted by molar-refractivity contribution is 0.434. The van der Waals surface area contributed by atoms with Gasteiger partial charge in [0.05, 0.1) is 0 Å². The van der Waals surface area contributed by atoms with E-state index in [1.165, 1.54) is 38.5 Å². The van der Waals surface area contributed by atoms with Crippen LogP contribution in [-0.2, 0) is 0 Å². The second kappa shape index (κ2) is 6.97. The molecule has 18 heavy (non-hydrogen) atoms. The van der Waals surface area contributed by atoms with Gasteiger partial charge in [0.15, 0.2) is 0 Å². The Morgan fingerprint density at radius 1 is 0.833 bits per heavy atom. The average molecular weight is 244 g/mol. The van der Waals surface area contributed by atoms with Gasteiger partial charge in [-0.1, -0.05) is 50.3 Å². The maximum Gasteiger partial charge on any atom is -0.0193 e. The minimum absolute atomic E-state index is 0.797. The normalized spacial score (nSPS) is 36.3. The Balaban J connectivity index is 1.84. The molecule has 0 fully saturated rings. The van der Waals surface area contributed by atoms with Gasteiger partial charge in [-0.25, -0.2) is 0 Å². The molecule has 0 spiro atoms. The summed E-state index contributed by atoms with van der Waals surface area (Å²) in [5.41, 5.74) is 0. The van der Waals surface area contributed by atoms with Crippen LogP contribution in [0.3, 0.4) is 0 Å². The third kappa shape index (κ3) is 3.86. The molecule has 0 heteroatoms. The van der Waals surface area contributed by atoms with E-state index >= 15 is 0 Å². The number of hydrogen-bond donors (Lipinski definition) is 0. The lowest BCUT2D eigenvalue weighted by atomic mass is 9.82. The smallest absolute Gasteiger partial charge is 0.0193 e. The van der Waals surface area contributed by atoms with Crippen LogP contribution in [-0.4, -0.2) is 0 Å². The van der Waals surface area contributed by atoms with Gasteiger partial charge in [0.2, 0.25) is 0 Å². The van der Waals surface area contributed by atoms with Crippen molar-refractivity contribution in [2.75, 3.05) is 0 Å². The van der Waals surface area contributed by atoms with E-state index in [9.17, 15) is 0 Å². The van der Waals surface area contributed by atoms with Crippen molar-refractivity contribution in [3.05, 3.63) is 36.5 Å². The van der Waals surface area contributed by atoms with Gasteiger partial charge in [0, 0.05) is 0 Å². The summed E-state index contributed by atoms with van der Waals surface area (Å²) in [5, 5.41) is 0. The van der Waals surface area contributed by atoms with E-state index in [1.807, 2.05) is 0 Å². The topological polar surface area (TPSA) is 0 Å². The highest BCUT2D eigenvalue weighted by molar-refractivity contribution is 5.06. The standard InChI is InChI=1S/C18H28/c1-3-15-7-5-9-17(13-15)11-12-18-10-6-8-16(4-2)14-18/h5-8,11-12,15-18H,3-4,9-10,13-14H2,1-2H3/b12-11+. The minimum Gasteiger partial charge on any atom is -0.0877 e. The van der Waals surface area contributed by atoms with E-state index in [-0.39, 0.29) is 0 Å². The molecule has 4 unspecified atom stereocenters. The summed E-state index contributed by atoms with van der Waals surface area (Å²) in [7, 11) is 0. The second-order valence-corrected chi connectivity index (χ2v) is 6.04. The molecule has 0 saturated heterocycles. The molecule has 2 rings (SSSR count). The molecule has 0 aromatic heterocycles. The number of hydrogen-bond acceptors (Lipinski definition) is 0. The predicted octanol–water partition coefficient (Wildman–Crippen LogP) is 5.53. The molecule has 0 aliphatic heterocycles. The molecular formula is C18H28. The van der Waals surface area contributed by atoms with Crippen molar-refractivity contribution in [1.82, 2.24) is 0 Å². The fourth-order valence-electron chi connectivity index (χ4n) is 3.25. The van der Waals surface area contributed by atoms with Crippen LogP contribution in [0.4, 0.5) is 0 Å². The zero-order valence-electron chi connectivity index (χ0n) is 12.0. The van der Waals surface area contributed by atoms with Gasteiger partial charge < -0.3 is 0 Å². The van der Waals surface area contributed by atoms with Crippen molar-refractivity contribution in [3.63, 3.8) is 0 Å². The molecule has 2 aliphatic carbocycles. The van der Waals surface area contributed by atoms with Gasteiger partial charge in [0.25, 0.3) is 0 Å². The van der Waals surface area contributed by atoms with Crippen LogP contribution < -0.4 is 0 Å². The Morgan fingerprint density at radius 3 is 1.67 bits per heavy atom. The first-order chi connectivity index (χ1) is 8.81. The van der Waals surface area contributed by atoms with Crippen LogP contribution in [0.5, 0.6) is 0 Å². The summed E-state index contributed by atoms with van der Waals surface area (Å²) in [6.07, 6.45) is 22.5. The Kier molecular flexibility index (Phi) is 5.28. The fourth-order valence-corrected chi connectivity index (χ4v) is 3.25. The van der Waals surface area contributed by atoms with Gasteiger partial charge in [-0.15, -0.1) is 0 Å². The van der Waals surface area contributed by atoms with Crippen LogP contribution in [0.1, 0.15) is 52.4 Å². The average Bonchev–Trinajstić information content (AvgIpc) is 2.45. The molecule has 0 aromatic carbocycles. The van der Waals surface area contributed by atoms with Crippen LogP contribution in [0.2, 0.25) is 0 Å². The summed E-state index contributed by atoms with van der Waals surface area (Å²) in [6.45, 7) is 4.61. The van der Waals surface area contributed by atoms with Gasteiger partial charge in [-0.2, -0.15) is 0 Å². The predicted molar refractivity (Wildman–Crippen MR) is 80.4 cm³/mol. The summed E-state index contributed by atoms with van der Waals surface area (Å²) >= 11 is 0. The zero-order valence-corrected chi connectivity index (χ0v) is 12.0. The molecular weight excluding hydrogens is 216 g/mol. The minimum atomic E-state index is 0.797. The molecule has 0 nitrogen and oxygen atoms in total. The Labute approximate surface area is 113 Å². The third-order valence-electron chi connectivity index (χ3n) is 4.61. The molecule has 0 heterocycles. The highest BCUT2D eigenvalue weighted by Gasteiger charge is 2.17. The maximum absolute atomic E-state index is 2.52. The van der Waals surface area contributed by atoms with Crippen molar-refractivity contribution < 1.29 is 0 Å². The highest BCUT2D eigenvalue weighted by Crippen LogP contribution is 2.30. The maximum atomic E-state index is 2.52. The van der Waals surface area contributed by atoms with Crippen molar-refractivity contribution in [1.29, 1.82) is 0 Å². The second-order valence-electron chi connectivity index (χ2n) is 6.04. The van der Waals surface area contributed by atoms with Crippen LogP contribution in [0, 0.1) is 23.7 Å². The van der Waals surface area contributed by atoms with Crippen molar-refractivity contribution >= 4 is 0 Å². The van der Waals surface area contributed by atoms with Crippen molar-refractivity contribution in [2.45, 2.75) is 52.4 Å². The summed E-state index contributed by atoms with van der Waals surface area (Å²) in [5.74, 6) is 3.24. The molecule has 0 aromatic rings. The summed E-state index contributed by atoms with van der Waals surface area (Å²) < 4.78 is 0. The van der Waals surface area contributed by atoms with Crippen LogP contribution >= 0.6 is 0 Å². The first kappa shape index (κ1) is 13.6. The lowest BCUT2D eigenvalue weighted by Gasteiger charge is -2.24. The fraction of sp³-hybridized carbons (Fsp3) is 0.667. The van der Waals surface area contributed by atoms with Crippen molar-refractivity contribution in [3.8, 4) is 0 Å². The first-order valence-electron chi connectivity index (χ1n) is 7.83.